The fourth-order valence-corrected chi connectivity index (χ4v) is 4.05. The molecule has 2 N–H and O–H groups in total. The van der Waals surface area contributed by atoms with Crippen molar-refractivity contribution in [2.45, 2.75) is 31.1 Å². The number of likely N-dealkylation sites (tertiary alicyclic amines) is 1. The lowest BCUT2D eigenvalue weighted by Gasteiger charge is -2.42. The molecule has 0 radical (unpaired) electrons. The Kier molecular flexibility index (Phi) is 5.94. The van der Waals surface area contributed by atoms with Crippen molar-refractivity contribution in [1.29, 1.82) is 0 Å². The van der Waals surface area contributed by atoms with Gasteiger partial charge in [-0.1, -0.05) is 42.5 Å². The smallest absolute Gasteiger partial charge is 0.207 e. The van der Waals surface area contributed by atoms with Crippen LogP contribution in [-0.2, 0) is 16.6 Å². The van der Waals surface area contributed by atoms with Crippen LogP contribution in [0.3, 0.4) is 0 Å². The minimum atomic E-state index is -0.144. The summed E-state index contributed by atoms with van der Waals surface area (Å²) >= 11 is 0. The summed E-state index contributed by atoms with van der Waals surface area (Å²) in [6.45, 7) is 2.71. The fourth-order valence-electron chi connectivity index (χ4n) is 4.05. The van der Waals surface area contributed by atoms with E-state index in [2.05, 4.69) is 47.6 Å². The van der Waals surface area contributed by atoms with Crippen molar-refractivity contribution in [2.24, 2.45) is 0 Å². The zero-order valence-corrected chi connectivity index (χ0v) is 15.4. The van der Waals surface area contributed by atoms with Crippen LogP contribution in [-0.4, -0.2) is 43.1 Å². The van der Waals surface area contributed by atoms with E-state index in [9.17, 15) is 9.90 Å². The van der Waals surface area contributed by atoms with E-state index in [0.717, 1.165) is 50.7 Å². The standard InChI is InChI=1S/C22H28N2O2/c1-24-14-11-22(12-15-24,19-7-3-2-4-8-19)20-16-18(9-10-21(20)26)6-5-13-23-17-25/h2-4,7-10,16-17,26H,5-6,11-15H2,1H3,(H,23,25). The molecule has 3 rings (SSSR count). The fraction of sp³-hybridized carbons (Fsp3) is 0.409. The van der Waals surface area contributed by atoms with Crippen molar-refractivity contribution < 1.29 is 9.90 Å². The molecule has 26 heavy (non-hydrogen) atoms. The molecular formula is C22H28N2O2. The molecule has 1 fully saturated rings. The number of hydrogen-bond acceptors (Lipinski definition) is 3. The topological polar surface area (TPSA) is 52.6 Å². The van der Waals surface area contributed by atoms with Crippen molar-refractivity contribution in [3.8, 4) is 5.75 Å². The lowest BCUT2D eigenvalue weighted by molar-refractivity contribution is -0.109. The molecule has 0 bridgehead atoms. The minimum Gasteiger partial charge on any atom is -0.508 e. The van der Waals surface area contributed by atoms with Crippen LogP contribution >= 0.6 is 0 Å². The van der Waals surface area contributed by atoms with E-state index in [1.807, 2.05) is 18.2 Å². The number of benzene rings is 2. The highest BCUT2D eigenvalue weighted by Gasteiger charge is 2.38. The Labute approximate surface area is 155 Å². The van der Waals surface area contributed by atoms with E-state index in [-0.39, 0.29) is 5.41 Å². The van der Waals surface area contributed by atoms with Crippen LogP contribution in [0.5, 0.6) is 5.75 Å². The van der Waals surface area contributed by atoms with Crippen LogP contribution in [0.15, 0.2) is 48.5 Å². The molecule has 138 valence electrons. The van der Waals surface area contributed by atoms with Gasteiger partial charge >= 0.3 is 0 Å². The largest absolute Gasteiger partial charge is 0.508 e. The predicted octanol–water partition coefficient (Wildman–Crippen LogP) is 3.08. The van der Waals surface area contributed by atoms with Crippen LogP contribution in [0.2, 0.25) is 0 Å². The molecule has 1 saturated heterocycles. The van der Waals surface area contributed by atoms with Gasteiger partial charge in [0, 0.05) is 17.5 Å². The number of hydrogen-bond donors (Lipinski definition) is 2. The molecule has 1 aliphatic heterocycles. The van der Waals surface area contributed by atoms with Crippen molar-refractivity contribution in [3.05, 3.63) is 65.2 Å². The predicted molar refractivity (Wildman–Crippen MR) is 104 cm³/mol. The molecule has 0 unspecified atom stereocenters. The number of rotatable bonds is 7. The van der Waals surface area contributed by atoms with Gasteiger partial charge in [-0.05, 0) is 63.0 Å². The van der Waals surface area contributed by atoms with Crippen LogP contribution in [0.25, 0.3) is 0 Å². The number of carbonyl (C=O) groups excluding carboxylic acids is 1. The quantitative estimate of drug-likeness (QED) is 0.595. The number of phenols is 1. The maximum atomic E-state index is 10.7. The van der Waals surface area contributed by atoms with Gasteiger partial charge in [-0.2, -0.15) is 0 Å². The Morgan fingerprint density at radius 2 is 1.88 bits per heavy atom. The second-order valence-corrected chi connectivity index (χ2v) is 7.28. The average molecular weight is 352 g/mol. The summed E-state index contributed by atoms with van der Waals surface area (Å²) < 4.78 is 0. The van der Waals surface area contributed by atoms with Crippen molar-refractivity contribution in [3.63, 3.8) is 0 Å². The Bertz CT molecular complexity index is 722. The average Bonchev–Trinajstić information content (AvgIpc) is 2.68. The summed E-state index contributed by atoms with van der Waals surface area (Å²) in [5.41, 5.74) is 3.38. The molecule has 1 amide bonds. The van der Waals surface area contributed by atoms with Crippen LogP contribution in [0, 0.1) is 0 Å². The lowest BCUT2D eigenvalue weighted by Crippen LogP contribution is -2.41. The number of aryl methyl sites for hydroxylation is 1. The summed E-state index contributed by atoms with van der Waals surface area (Å²) in [5, 5.41) is 13.4. The van der Waals surface area contributed by atoms with Gasteiger partial charge in [0.1, 0.15) is 5.75 Å². The zero-order chi connectivity index (χ0) is 18.4. The number of carbonyl (C=O) groups is 1. The van der Waals surface area contributed by atoms with Crippen molar-refractivity contribution >= 4 is 6.41 Å². The van der Waals surface area contributed by atoms with Crippen molar-refractivity contribution in [2.75, 3.05) is 26.7 Å². The Morgan fingerprint density at radius 1 is 1.15 bits per heavy atom. The second-order valence-electron chi connectivity index (χ2n) is 7.28. The molecule has 2 aromatic carbocycles. The van der Waals surface area contributed by atoms with Crippen LogP contribution < -0.4 is 5.32 Å². The molecule has 4 heteroatoms. The highest BCUT2D eigenvalue weighted by molar-refractivity contribution is 5.49. The molecular weight excluding hydrogens is 324 g/mol. The SMILES string of the molecule is CN1CCC(c2ccccc2)(c2cc(CCCNC=O)ccc2O)CC1. The first-order valence-corrected chi connectivity index (χ1v) is 9.39. The number of nitrogens with zero attached hydrogens (tertiary/aromatic N) is 1. The summed E-state index contributed by atoms with van der Waals surface area (Å²) in [6.07, 6.45) is 4.52. The zero-order valence-electron chi connectivity index (χ0n) is 15.4. The first kappa shape index (κ1) is 18.5. The molecule has 1 aliphatic rings. The lowest BCUT2D eigenvalue weighted by atomic mass is 9.67. The highest BCUT2D eigenvalue weighted by atomic mass is 16.3. The molecule has 0 spiro atoms. The van der Waals surface area contributed by atoms with Gasteiger partial charge in [0.15, 0.2) is 0 Å². The van der Waals surface area contributed by atoms with Gasteiger partial charge in [0.05, 0.1) is 0 Å². The number of aromatic hydroxyl groups is 1. The molecule has 0 aliphatic carbocycles. The third-order valence-electron chi connectivity index (χ3n) is 5.61. The molecule has 2 aromatic rings. The minimum absolute atomic E-state index is 0.144. The van der Waals surface area contributed by atoms with Gasteiger partial charge < -0.3 is 15.3 Å². The van der Waals surface area contributed by atoms with Gasteiger partial charge in [0.25, 0.3) is 0 Å². The maximum absolute atomic E-state index is 10.7. The Morgan fingerprint density at radius 3 is 2.58 bits per heavy atom. The van der Waals surface area contributed by atoms with Crippen LogP contribution in [0.1, 0.15) is 36.0 Å². The number of piperidine rings is 1. The van der Waals surface area contributed by atoms with E-state index in [1.165, 1.54) is 11.1 Å². The van der Waals surface area contributed by atoms with Crippen molar-refractivity contribution in [1.82, 2.24) is 10.2 Å². The molecule has 1 heterocycles. The Balaban J connectivity index is 1.95. The summed E-state index contributed by atoms with van der Waals surface area (Å²) in [6, 6.07) is 16.6. The summed E-state index contributed by atoms with van der Waals surface area (Å²) in [5.74, 6) is 0.383. The van der Waals surface area contributed by atoms with E-state index in [1.54, 1.807) is 0 Å². The number of phenolic OH excluding ortho intramolecular Hbond substituents is 1. The summed E-state index contributed by atoms with van der Waals surface area (Å²) in [4.78, 5) is 12.8. The van der Waals surface area contributed by atoms with Gasteiger partial charge in [0.2, 0.25) is 6.41 Å². The molecule has 4 nitrogen and oxygen atoms in total. The maximum Gasteiger partial charge on any atom is 0.207 e. The normalized spacial score (nSPS) is 17.0. The molecule has 0 saturated carbocycles. The number of nitrogens with one attached hydrogen (secondary N) is 1. The molecule has 0 atom stereocenters. The monoisotopic (exact) mass is 352 g/mol. The summed E-state index contributed by atoms with van der Waals surface area (Å²) in [7, 11) is 2.16. The van der Waals surface area contributed by atoms with Gasteiger partial charge in [-0.15, -0.1) is 0 Å². The molecule has 0 aromatic heterocycles. The Hall–Kier alpha value is -2.33. The second kappa shape index (κ2) is 8.37. The number of amides is 1. The highest BCUT2D eigenvalue weighted by Crippen LogP contribution is 2.45. The first-order valence-electron chi connectivity index (χ1n) is 9.39. The first-order chi connectivity index (χ1) is 12.7. The van der Waals surface area contributed by atoms with E-state index < -0.39 is 0 Å². The third-order valence-corrected chi connectivity index (χ3v) is 5.61. The van der Waals surface area contributed by atoms with Gasteiger partial charge in [-0.3, -0.25) is 4.79 Å². The van der Waals surface area contributed by atoms with E-state index >= 15 is 0 Å². The van der Waals surface area contributed by atoms with E-state index in [0.29, 0.717) is 12.3 Å². The van der Waals surface area contributed by atoms with Crippen LogP contribution in [0.4, 0.5) is 0 Å². The van der Waals surface area contributed by atoms with Gasteiger partial charge in [-0.25, -0.2) is 0 Å². The third kappa shape index (κ3) is 3.91. The van der Waals surface area contributed by atoms with E-state index in [4.69, 9.17) is 0 Å².